The van der Waals surface area contributed by atoms with Gasteiger partial charge >= 0.3 is 11.2 Å². The number of aromatic nitrogens is 2. The van der Waals surface area contributed by atoms with Gasteiger partial charge in [0.2, 0.25) is 0 Å². The molecule has 2 aromatic carbocycles. The van der Waals surface area contributed by atoms with Gasteiger partial charge in [-0.1, -0.05) is 34.1 Å². The van der Waals surface area contributed by atoms with Crippen molar-refractivity contribution in [3.63, 3.8) is 0 Å². The average molecular weight is 431 g/mol. The van der Waals surface area contributed by atoms with Gasteiger partial charge in [-0.15, -0.1) is 0 Å². The van der Waals surface area contributed by atoms with Gasteiger partial charge in [0, 0.05) is 15.9 Å². The van der Waals surface area contributed by atoms with Crippen molar-refractivity contribution in [3.8, 4) is 0 Å². The van der Waals surface area contributed by atoms with E-state index in [-0.39, 0.29) is 27.1 Å². The molecule has 25 heavy (non-hydrogen) atoms. The molecule has 0 unspecified atom stereocenters. The first-order valence-electron chi connectivity index (χ1n) is 7.00. The van der Waals surface area contributed by atoms with Gasteiger partial charge in [-0.05, 0) is 36.0 Å². The molecule has 0 amide bonds. The monoisotopic (exact) mass is 430 g/mol. The first-order chi connectivity index (χ1) is 11.8. The molecule has 4 nitrogen and oxygen atoms in total. The lowest BCUT2D eigenvalue weighted by Crippen LogP contribution is -2.25. The van der Waals surface area contributed by atoms with Crippen LogP contribution < -0.4 is 4.43 Å². The van der Waals surface area contributed by atoms with Crippen LogP contribution in [0.25, 0.3) is 11.0 Å². The van der Waals surface area contributed by atoms with Crippen LogP contribution >= 0.6 is 27.7 Å². The Balaban J connectivity index is 2.25. The molecule has 0 aliphatic heterocycles. The number of fused-ring (bicyclic) bond motifs is 1. The van der Waals surface area contributed by atoms with Crippen LogP contribution in [0.1, 0.15) is 11.3 Å². The van der Waals surface area contributed by atoms with Crippen LogP contribution in [-0.2, 0) is 11.5 Å². The number of nitrogens with zero attached hydrogens (tertiary/aromatic N) is 2. The Labute approximate surface area is 152 Å². The van der Waals surface area contributed by atoms with Crippen molar-refractivity contribution in [1.82, 2.24) is 4.73 Å². The highest BCUT2D eigenvalue weighted by molar-refractivity contribution is 9.08. The van der Waals surface area contributed by atoms with Crippen molar-refractivity contribution in [2.75, 3.05) is 0 Å². The summed E-state index contributed by atoms with van der Waals surface area (Å²) in [6.45, 7) is 0. The van der Waals surface area contributed by atoms with E-state index in [1.165, 1.54) is 0 Å². The highest BCUT2D eigenvalue weighted by atomic mass is 79.9. The summed E-state index contributed by atoms with van der Waals surface area (Å²) < 4.78 is 39.5. The Morgan fingerprint density at radius 2 is 1.84 bits per heavy atom. The van der Waals surface area contributed by atoms with Crippen LogP contribution in [-0.4, -0.2) is 4.73 Å². The fourth-order valence-corrected chi connectivity index (χ4v) is 3.95. The molecule has 0 fully saturated rings. The summed E-state index contributed by atoms with van der Waals surface area (Å²) in [7, 11) is 0. The molecule has 0 radical (unpaired) electrons. The summed E-state index contributed by atoms with van der Waals surface area (Å²) in [5.74, 6) is 0. The maximum Gasteiger partial charge on any atom is 0.416 e. The lowest BCUT2D eigenvalue weighted by Gasteiger charge is -2.18. The topological polar surface area (TPSA) is 51.0 Å². The number of rotatable bonds is 3. The molecule has 0 bridgehead atoms. The van der Waals surface area contributed by atoms with E-state index < -0.39 is 11.7 Å². The number of halogens is 4. The first-order valence-corrected chi connectivity index (χ1v) is 8.94. The maximum absolute atomic E-state index is 12.9. The first kappa shape index (κ1) is 17.8. The second-order valence-corrected chi connectivity index (χ2v) is 6.71. The Hall–Kier alpha value is -2.00. The van der Waals surface area contributed by atoms with Crippen molar-refractivity contribution in [3.05, 3.63) is 69.9 Å². The summed E-state index contributed by atoms with van der Waals surface area (Å²) in [5, 5.41) is 12.7. The minimum atomic E-state index is -4.60. The van der Waals surface area contributed by atoms with Crippen LogP contribution in [0.15, 0.2) is 58.5 Å². The summed E-state index contributed by atoms with van der Waals surface area (Å²) in [5.41, 5.74) is -1.37. The predicted octanol–water partition coefficient (Wildman–Crippen LogP) is 4.97. The van der Waals surface area contributed by atoms with Gasteiger partial charge in [0.25, 0.3) is 5.52 Å². The standard InChI is InChI=1S/C16H10BrF3N2O2S/c17-9-14-15(25-11-4-2-1-3-5-11)22(24)12-7-6-10(16(18,19)20)8-13(12)21(14)23/h1-8H,9H2. The number of alkyl halides is 4. The molecule has 9 heteroatoms. The van der Waals surface area contributed by atoms with E-state index in [0.717, 1.165) is 28.8 Å². The Bertz CT molecular complexity index is 991. The summed E-state index contributed by atoms with van der Waals surface area (Å²) >= 11 is 4.22. The predicted molar refractivity (Wildman–Crippen MR) is 92.3 cm³/mol. The average Bonchev–Trinajstić information content (AvgIpc) is 2.59. The van der Waals surface area contributed by atoms with Gasteiger partial charge in [0.1, 0.15) is 11.2 Å². The minimum Gasteiger partial charge on any atom is -0.805 e. The van der Waals surface area contributed by atoms with Crippen molar-refractivity contribution in [1.29, 1.82) is 0 Å². The van der Waals surface area contributed by atoms with Crippen molar-refractivity contribution in [2.45, 2.75) is 21.4 Å². The van der Waals surface area contributed by atoms with Crippen molar-refractivity contribution < 1.29 is 17.6 Å². The van der Waals surface area contributed by atoms with E-state index in [2.05, 4.69) is 15.9 Å². The van der Waals surface area contributed by atoms with Gasteiger partial charge in [-0.2, -0.15) is 13.2 Å². The smallest absolute Gasteiger partial charge is 0.416 e. The van der Waals surface area contributed by atoms with E-state index in [0.29, 0.717) is 15.2 Å². The van der Waals surface area contributed by atoms with Crippen molar-refractivity contribution >= 4 is 38.7 Å². The number of hydrogen-bond acceptors (Lipinski definition) is 3. The molecule has 0 aliphatic rings. The molecule has 0 aliphatic carbocycles. The van der Waals surface area contributed by atoms with E-state index in [1.54, 1.807) is 24.3 Å². The Morgan fingerprint density at radius 1 is 1.16 bits per heavy atom. The minimum absolute atomic E-state index is 0.0279. The van der Waals surface area contributed by atoms with E-state index in [1.807, 2.05) is 6.07 Å². The van der Waals surface area contributed by atoms with Crippen LogP contribution in [0.3, 0.4) is 0 Å². The molecule has 0 atom stereocenters. The Morgan fingerprint density at radius 3 is 2.44 bits per heavy atom. The summed E-state index contributed by atoms with van der Waals surface area (Å²) in [6.07, 6.45) is -4.60. The molecule has 0 N–H and O–H groups in total. The van der Waals surface area contributed by atoms with Crippen LogP contribution in [0, 0.1) is 10.1 Å². The normalized spacial score (nSPS) is 11.8. The second-order valence-electron chi connectivity index (χ2n) is 5.09. The van der Waals surface area contributed by atoms with E-state index in [9.17, 15) is 23.3 Å². The fraction of sp³-hybridized carbons (Fsp3) is 0.125. The highest BCUT2D eigenvalue weighted by Gasteiger charge is 2.32. The number of hydrogen-bond donors (Lipinski definition) is 0. The molecular formula is C16H10BrF3N2O2S. The summed E-state index contributed by atoms with van der Waals surface area (Å²) in [4.78, 5) is 13.4. The largest absolute Gasteiger partial charge is 0.805 e. The SMILES string of the molecule is O=[n+]1c(Sc2ccccc2)c(CBr)n([O-])c2cc(C(F)(F)F)ccc21. The molecule has 1 aromatic heterocycles. The zero-order valence-electron chi connectivity index (χ0n) is 12.5. The maximum atomic E-state index is 12.9. The number of benzene rings is 2. The molecule has 3 aromatic rings. The van der Waals surface area contributed by atoms with Gasteiger partial charge < -0.3 is 9.94 Å². The molecule has 0 saturated heterocycles. The third kappa shape index (κ3) is 3.38. The molecular weight excluding hydrogens is 421 g/mol. The van der Waals surface area contributed by atoms with Crippen LogP contribution in [0.5, 0.6) is 0 Å². The van der Waals surface area contributed by atoms with Crippen LogP contribution in [0.4, 0.5) is 13.2 Å². The zero-order chi connectivity index (χ0) is 18.2. The second kappa shape index (κ2) is 6.72. The molecule has 130 valence electrons. The molecule has 0 spiro atoms. The van der Waals surface area contributed by atoms with Gasteiger partial charge in [-0.25, -0.2) is 0 Å². The fourth-order valence-electron chi connectivity index (χ4n) is 2.31. The lowest BCUT2D eigenvalue weighted by atomic mass is 10.2. The third-order valence-electron chi connectivity index (χ3n) is 3.50. The molecule has 0 saturated carbocycles. The van der Waals surface area contributed by atoms with Crippen molar-refractivity contribution in [2.24, 2.45) is 0 Å². The van der Waals surface area contributed by atoms with Crippen LogP contribution in [0.2, 0.25) is 0 Å². The van der Waals surface area contributed by atoms with Gasteiger partial charge in [-0.3, -0.25) is 0 Å². The highest BCUT2D eigenvalue weighted by Crippen LogP contribution is 2.33. The zero-order valence-corrected chi connectivity index (χ0v) is 14.9. The van der Waals surface area contributed by atoms with E-state index in [4.69, 9.17) is 0 Å². The van der Waals surface area contributed by atoms with Gasteiger partial charge in [0.05, 0.1) is 15.3 Å². The Kier molecular flexibility index (Phi) is 4.79. The summed E-state index contributed by atoms with van der Waals surface area (Å²) in [6, 6.07) is 11.4. The quantitative estimate of drug-likeness (QED) is 0.435. The van der Waals surface area contributed by atoms with Gasteiger partial charge in [0.15, 0.2) is 0 Å². The lowest BCUT2D eigenvalue weighted by molar-refractivity contribution is -0.510. The van der Waals surface area contributed by atoms with E-state index >= 15 is 0 Å². The third-order valence-corrected chi connectivity index (χ3v) is 5.13. The molecule has 1 heterocycles. The molecule has 3 rings (SSSR count).